The van der Waals surface area contributed by atoms with Crippen molar-refractivity contribution in [1.82, 2.24) is 15.5 Å². The summed E-state index contributed by atoms with van der Waals surface area (Å²) in [7, 11) is 0. The first-order valence-corrected chi connectivity index (χ1v) is 11.5. The number of thioether (sulfide) groups is 1. The lowest BCUT2D eigenvalue weighted by Crippen LogP contribution is -2.60. The third-order valence-corrected chi connectivity index (χ3v) is 8.18. The number of rotatable bonds is 7. The van der Waals surface area contributed by atoms with Gasteiger partial charge in [-0.1, -0.05) is 23.1 Å². The number of nitrogens with zero attached hydrogens (tertiary/aromatic N) is 2. The van der Waals surface area contributed by atoms with E-state index in [1.165, 1.54) is 61.6 Å². The Kier molecular flexibility index (Phi) is 4.63. The molecule has 27 heavy (non-hydrogen) atoms. The Hall–Kier alpha value is -1.54. The molecule has 2 aromatic heterocycles. The highest BCUT2D eigenvalue weighted by Crippen LogP contribution is 2.55. The van der Waals surface area contributed by atoms with E-state index in [4.69, 9.17) is 4.42 Å². The summed E-state index contributed by atoms with van der Waals surface area (Å²) in [4.78, 5) is 12.6. The number of hydrogen-bond acceptors (Lipinski definition) is 7. The number of furan rings is 1. The Morgan fingerprint density at radius 2 is 1.96 bits per heavy atom. The standard InChI is InChI=1S/C19H24N4O2S2/c24-16(21-19-7-12-4-13(8-19)6-14(5-12)9-19)11-26-18-23-22-17(27-18)20-10-15-2-1-3-25-15/h1-3,12-14H,4-11H2,(H,20,22)(H,21,24). The molecule has 0 spiro atoms. The molecule has 0 atom stereocenters. The van der Waals surface area contributed by atoms with Gasteiger partial charge in [-0.05, 0) is 68.4 Å². The van der Waals surface area contributed by atoms with Gasteiger partial charge in [0.2, 0.25) is 11.0 Å². The topological polar surface area (TPSA) is 80.1 Å². The van der Waals surface area contributed by atoms with Crippen molar-refractivity contribution in [3.63, 3.8) is 0 Å². The number of amides is 1. The zero-order valence-electron chi connectivity index (χ0n) is 15.1. The average molecular weight is 405 g/mol. The van der Waals surface area contributed by atoms with E-state index in [0.29, 0.717) is 12.3 Å². The largest absolute Gasteiger partial charge is 0.467 e. The van der Waals surface area contributed by atoms with Crippen molar-refractivity contribution in [2.24, 2.45) is 17.8 Å². The van der Waals surface area contributed by atoms with Crippen LogP contribution in [-0.2, 0) is 11.3 Å². The van der Waals surface area contributed by atoms with E-state index < -0.39 is 0 Å². The zero-order valence-corrected chi connectivity index (χ0v) is 16.8. The summed E-state index contributed by atoms with van der Waals surface area (Å²) in [5.74, 6) is 3.94. The van der Waals surface area contributed by atoms with Crippen molar-refractivity contribution in [3.8, 4) is 0 Å². The lowest BCUT2D eigenvalue weighted by molar-refractivity contribution is -0.124. The third kappa shape index (κ3) is 3.87. The highest BCUT2D eigenvalue weighted by molar-refractivity contribution is 8.01. The second-order valence-corrected chi connectivity index (χ2v) is 10.5. The maximum Gasteiger partial charge on any atom is 0.230 e. The highest BCUT2D eigenvalue weighted by Gasteiger charge is 2.51. The first kappa shape index (κ1) is 17.6. The van der Waals surface area contributed by atoms with Crippen LogP contribution in [0.4, 0.5) is 5.13 Å². The van der Waals surface area contributed by atoms with Crippen LogP contribution < -0.4 is 10.6 Å². The summed E-state index contributed by atoms with van der Waals surface area (Å²) < 4.78 is 6.11. The van der Waals surface area contributed by atoms with Gasteiger partial charge in [-0.2, -0.15) is 0 Å². The van der Waals surface area contributed by atoms with Crippen LogP contribution in [0.3, 0.4) is 0 Å². The monoisotopic (exact) mass is 404 g/mol. The van der Waals surface area contributed by atoms with E-state index in [1.54, 1.807) is 6.26 Å². The predicted octanol–water partition coefficient (Wildman–Crippen LogP) is 3.92. The highest BCUT2D eigenvalue weighted by atomic mass is 32.2. The zero-order chi connectivity index (χ0) is 18.3. The molecule has 8 heteroatoms. The molecule has 4 fully saturated rings. The Bertz CT molecular complexity index is 769. The van der Waals surface area contributed by atoms with E-state index in [2.05, 4.69) is 20.8 Å². The van der Waals surface area contributed by atoms with E-state index >= 15 is 0 Å². The van der Waals surface area contributed by atoms with Gasteiger partial charge < -0.3 is 15.1 Å². The number of aromatic nitrogens is 2. The fourth-order valence-electron chi connectivity index (χ4n) is 5.64. The molecule has 6 rings (SSSR count). The molecule has 2 heterocycles. The lowest BCUT2D eigenvalue weighted by Gasteiger charge is -2.56. The van der Waals surface area contributed by atoms with Crippen molar-refractivity contribution >= 4 is 34.1 Å². The smallest absolute Gasteiger partial charge is 0.230 e. The van der Waals surface area contributed by atoms with Crippen molar-refractivity contribution in [1.29, 1.82) is 0 Å². The molecule has 2 N–H and O–H groups in total. The minimum atomic E-state index is 0.0866. The maximum atomic E-state index is 12.6. The Labute approximate surface area is 166 Å². The van der Waals surface area contributed by atoms with Gasteiger partial charge in [-0.15, -0.1) is 10.2 Å². The van der Waals surface area contributed by atoms with Crippen LogP contribution in [-0.4, -0.2) is 27.4 Å². The third-order valence-electron chi connectivity index (χ3n) is 6.17. The van der Waals surface area contributed by atoms with Crippen molar-refractivity contribution in [3.05, 3.63) is 24.2 Å². The van der Waals surface area contributed by atoms with Gasteiger partial charge in [0.25, 0.3) is 0 Å². The molecular weight excluding hydrogens is 380 g/mol. The molecule has 0 unspecified atom stereocenters. The molecule has 0 saturated heterocycles. The molecule has 6 nitrogen and oxygen atoms in total. The van der Waals surface area contributed by atoms with Gasteiger partial charge in [-0.25, -0.2) is 0 Å². The first-order chi connectivity index (χ1) is 13.2. The summed E-state index contributed by atoms with van der Waals surface area (Å²) >= 11 is 2.95. The van der Waals surface area contributed by atoms with E-state index in [-0.39, 0.29) is 11.4 Å². The van der Waals surface area contributed by atoms with E-state index in [1.807, 2.05) is 12.1 Å². The van der Waals surface area contributed by atoms with Crippen LogP contribution in [0.25, 0.3) is 0 Å². The SMILES string of the molecule is O=C(CSc1nnc(NCc2ccco2)s1)NC12CC3CC(CC(C3)C1)C2. The number of carbonyl (C=O) groups excluding carboxylic acids is 1. The number of carbonyl (C=O) groups is 1. The van der Waals surface area contributed by atoms with Gasteiger partial charge in [0.1, 0.15) is 5.76 Å². The summed E-state index contributed by atoms with van der Waals surface area (Å²) in [6, 6.07) is 3.78. The summed E-state index contributed by atoms with van der Waals surface area (Å²) in [5, 5.41) is 15.7. The van der Waals surface area contributed by atoms with Gasteiger partial charge in [0.05, 0.1) is 18.6 Å². The molecule has 0 aliphatic heterocycles. The van der Waals surface area contributed by atoms with Gasteiger partial charge in [-0.3, -0.25) is 4.79 Å². The van der Waals surface area contributed by atoms with Crippen LogP contribution in [0.5, 0.6) is 0 Å². The van der Waals surface area contributed by atoms with E-state index in [0.717, 1.165) is 33.0 Å². The van der Waals surface area contributed by atoms with Crippen LogP contribution in [0.15, 0.2) is 27.2 Å². The fraction of sp³-hybridized carbons (Fsp3) is 0.632. The van der Waals surface area contributed by atoms with E-state index in [9.17, 15) is 4.79 Å². The quantitative estimate of drug-likeness (QED) is 0.681. The Morgan fingerprint density at radius 3 is 2.63 bits per heavy atom. The molecule has 4 saturated carbocycles. The van der Waals surface area contributed by atoms with Crippen LogP contribution in [0, 0.1) is 17.8 Å². The lowest BCUT2D eigenvalue weighted by atomic mass is 9.53. The Morgan fingerprint density at radius 1 is 1.22 bits per heavy atom. The minimum Gasteiger partial charge on any atom is -0.467 e. The molecule has 1 amide bonds. The van der Waals surface area contributed by atoms with Crippen molar-refractivity contribution in [2.75, 3.05) is 11.1 Å². The number of nitrogens with one attached hydrogen (secondary N) is 2. The van der Waals surface area contributed by atoms with Crippen molar-refractivity contribution < 1.29 is 9.21 Å². The maximum absolute atomic E-state index is 12.6. The van der Waals surface area contributed by atoms with Crippen molar-refractivity contribution in [2.45, 2.75) is 54.9 Å². The van der Waals surface area contributed by atoms with Crippen LogP contribution in [0.1, 0.15) is 44.3 Å². The molecule has 0 aromatic carbocycles. The number of anilines is 1. The molecule has 144 valence electrons. The normalized spacial score (nSPS) is 31.2. The molecule has 4 aliphatic rings. The molecular formula is C19H24N4O2S2. The first-order valence-electron chi connectivity index (χ1n) is 9.69. The van der Waals surface area contributed by atoms with Gasteiger partial charge >= 0.3 is 0 Å². The molecule has 4 aliphatic carbocycles. The Balaban J connectivity index is 1.11. The fourth-order valence-corrected chi connectivity index (χ4v) is 7.19. The summed E-state index contributed by atoms with van der Waals surface area (Å²) in [6.45, 7) is 0.582. The molecule has 2 aromatic rings. The predicted molar refractivity (Wildman–Crippen MR) is 106 cm³/mol. The second kappa shape index (κ2) is 7.13. The summed E-state index contributed by atoms with van der Waals surface area (Å²) in [6.07, 6.45) is 9.40. The average Bonchev–Trinajstić information content (AvgIpc) is 3.28. The van der Waals surface area contributed by atoms with Gasteiger partial charge in [0, 0.05) is 5.54 Å². The van der Waals surface area contributed by atoms with Gasteiger partial charge in [0.15, 0.2) is 4.34 Å². The van der Waals surface area contributed by atoms with Crippen LogP contribution >= 0.6 is 23.1 Å². The minimum absolute atomic E-state index is 0.0866. The summed E-state index contributed by atoms with van der Waals surface area (Å²) in [5.41, 5.74) is 0.0866. The number of hydrogen-bond donors (Lipinski definition) is 2. The molecule has 0 radical (unpaired) electrons. The van der Waals surface area contributed by atoms with Crippen LogP contribution in [0.2, 0.25) is 0 Å². The second-order valence-electron chi connectivity index (χ2n) is 8.34. The molecule has 4 bridgehead atoms.